The number of aromatic nitrogens is 2. The van der Waals surface area contributed by atoms with E-state index in [2.05, 4.69) is 15.5 Å². The van der Waals surface area contributed by atoms with Crippen LogP contribution in [0, 0.1) is 0 Å². The van der Waals surface area contributed by atoms with Gasteiger partial charge in [-0.05, 0) is 37.1 Å². The number of hydrogen-bond donors (Lipinski definition) is 2. The third kappa shape index (κ3) is 5.02. The molecule has 1 amide bonds. The van der Waals surface area contributed by atoms with Gasteiger partial charge < -0.3 is 15.6 Å². The average molecular weight is 357 g/mol. The molecule has 6 nitrogen and oxygen atoms in total. The highest BCUT2D eigenvalue weighted by Crippen LogP contribution is 2.19. The molecule has 3 rings (SSSR count). The van der Waals surface area contributed by atoms with E-state index in [1.165, 1.54) is 0 Å². The van der Waals surface area contributed by atoms with Crippen LogP contribution < -0.4 is 11.1 Å². The number of nitrogens with one attached hydrogen (secondary N) is 1. The Morgan fingerprint density at radius 2 is 2.17 bits per heavy atom. The number of aryl methyl sites for hydroxylation is 1. The molecule has 0 aliphatic heterocycles. The fourth-order valence-electron chi connectivity index (χ4n) is 2.65. The Bertz CT molecular complexity index is 609. The monoisotopic (exact) mass is 356 g/mol. The van der Waals surface area contributed by atoms with Gasteiger partial charge in [-0.25, -0.2) is 0 Å². The van der Waals surface area contributed by atoms with Gasteiger partial charge in [0.2, 0.25) is 17.6 Å². The van der Waals surface area contributed by atoms with Crippen LogP contribution in [0.3, 0.4) is 0 Å². The summed E-state index contributed by atoms with van der Waals surface area (Å²) in [5.41, 5.74) is 6.81. The van der Waals surface area contributed by atoms with Crippen LogP contribution in [-0.4, -0.2) is 28.1 Å². The van der Waals surface area contributed by atoms with Gasteiger partial charge >= 0.3 is 0 Å². The third-order valence-corrected chi connectivity index (χ3v) is 4.63. The molecular weight excluding hydrogens is 336 g/mol. The molecule has 2 aromatic rings. The summed E-state index contributed by atoms with van der Waals surface area (Å²) in [6, 6.07) is 2.50. The number of amides is 1. The molecular formula is C15H21ClN4O2S. The van der Waals surface area contributed by atoms with Gasteiger partial charge in [-0.15, -0.1) is 12.4 Å². The van der Waals surface area contributed by atoms with Gasteiger partial charge in [0.1, 0.15) is 0 Å². The molecule has 1 fully saturated rings. The van der Waals surface area contributed by atoms with Gasteiger partial charge in [-0.3, -0.25) is 4.79 Å². The predicted molar refractivity (Wildman–Crippen MR) is 91.6 cm³/mol. The summed E-state index contributed by atoms with van der Waals surface area (Å²) in [6.07, 6.45) is 4.74. The Morgan fingerprint density at radius 1 is 1.39 bits per heavy atom. The summed E-state index contributed by atoms with van der Waals surface area (Å²) in [4.78, 5) is 16.3. The number of rotatable bonds is 5. The molecule has 2 heterocycles. The van der Waals surface area contributed by atoms with Crippen molar-refractivity contribution >= 4 is 29.7 Å². The van der Waals surface area contributed by atoms with Gasteiger partial charge in [0.15, 0.2) is 0 Å². The molecule has 0 bridgehead atoms. The lowest BCUT2D eigenvalue weighted by Gasteiger charge is -2.26. The van der Waals surface area contributed by atoms with Crippen molar-refractivity contribution in [3.63, 3.8) is 0 Å². The van der Waals surface area contributed by atoms with Crippen molar-refractivity contribution in [1.29, 1.82) is 0 Å². The lowest BCUT2D eigenvalue weighted by Crippen LogP contribution is -2.40. The van der Waals surface area contributed by atoms with Gasteiger partial charge in [0, 0.05) is 35.9 Å². The molecule has 0 atom stereocenters. The zero-order chi connectivity index (χ0) is 15.4. The van der Waals surface area contributed by atoms with E-state index in [9.17, 15) is 4.79 Å². The number of nitrogens with zero attached hydrogens (tertiary/aromatic N) is 2. The zero-order valence-electron chi connectivity index (χ0n) is 12.7. The molecule has 0 aromatic carbocycles. The molecule has 2 aromatic heterocycles. The summed E-state index contributed by atoms with van der Waals surface area (Å²) in [5.74, 6) is 1.12. The summed E-state index contributed by atoms with van der Waals surface area (Å²) < 4.78 is 5.19. The van der Waals surface area contributed by atoms with E-state index in [0.717, 1.165) is 31.2 Å². The van der Waals surface area contributed by atoms with Crippen LogP contribution in [0.4, 0.5) is 0 Å². The van der Waals surface area contributed by atoms with Crippen LogP contribution in [0.15, 0.2) is 21.3 Å². The number of hydrogen-bond acceptors (Lipinski definition) is 6. The molecule has 23 heavy (non-hydrogen) atoms. The van der Waals surface area contributed by atoms with Crippen LogP contribution >= 0.6 is 23.7 Å². The number of thiophene rings is 1. The lowest BCUT2D eigenvalue weighted by atomic mass is 9.92. The van der Waals surface area contributed by atoms with E-state index in [4.69, 9.17) is 10.3 Å². The average Bonchev–Trinajstić information content (AvgIpc) is 3.18. The third-order valence-electron chi connectivity index (χ3n) is 3.95. The first-order chi connectivity index (χ1) is 10.7. The van der Waals surface area contributed by atoms with E-state index in [1.54, 1.807) is 11.3 Å². The second kappa shape index (κ2) is 8.42. The first-order valence-corrected chi connectivity index (χ1v) is 8.55. The van der Waals surface area contributed by atoms with Crippen molar-refractivity contribution in [1.82, 2.24) is 15.5 Å². The van der Waals surface area contributed by atoms with Crippen molar-refractivity contribution in [2.45, 2.75) is 50.6 Å². The molecule has 126 valence electrons. The second-order valence-electron chi connectivity index (χ2n) is 5.70. The van der Waals surface area contributed by atoms with E-state index < -0.39 is 0 Å². The molecule has 8 heteroatoms. The molecule has 3 N–H and O–H groups in total. The molecule has 1 aliphatic rings. The fourth-order valence-corrected chi connectivity index (χ4v) is 3.28. The highest BCUT2D eigenvalue weighted by molar-refractivity contribution is 7.08. The Kier molecular flexibility index (Phi) is 6.56. The topological polar surface area (TPSA) is 94.0 Å². The minimum atomic E-state index is 0. The van der Waals surface area contributed by atoms with Crippen LogP contribution in [0.2, 0.25) is 0 Å². The smallest absolute Gasteiger partial charge is 0.227 e. The van der Waals surface area contributed by atoms with Crippen molar-refractivity contribution in [2.75, 3.05) is 0 Å². The van der Waals surface area contributed by atoms with Crippen LogP contribution in [-0.2, 0) is 11.2 Å². The molecule has 0 radical (unpaired) electrons. The highest BCUT2D eigenvalue weighted by atomic mass is 35.5. The van der Waals surface area contributed by atoms with E-state index >= 15 is 0 Å². The minimum Gasteiger partial charge on any atom is -0.353 e. The predicted octanol–water partition coefficient (Wildman–Crippen LogP) is 2.54. The number of nitrogens with two attached hydrogens (primary N) is 1. The summed E-state index contributed by atoms with van der Waals surface area (Å²) in [6.45, 7) is 0. The normalized spacial score (nSPS) is 20.7. The lowest BCUT2D eigenvalue weighted by molar-refractivity contribution is -0.122. The van der Waals surface area contributed by atoms with E-state index in [0.29, 0.717) is 30.6 Å². The number of carbonyl (C=O) groups excluding carboxylic acids is 1. The molecule has 0 saturated heterocycles. The summed E-state index contributed by atoms with van der Waals surface area (Å²) >= 11 is 1.59. The van der Waals surface area contributed by atoms with Gasteiger partial charge in [0.05, 0.1) is 0 Å². The zero-order valence-corrected chi connectivity index (χ0v) is 14.4. The van der Waals surface area contributed by atoms with Crippen molar-refractivity contribution in [3.8, 4) is 11.4 Å². The number of halogens is 1. The summed E-state index contributed by atoms with van der Waals surface area (Å²) in [7, 11) is 0. The molecule has 1 saturated carbocycles. The molecule has 1 aliphatic carbocycles. The summed E-state index contributed by atoms with van der Waals surface area (Å²) in [5, 5.41) is 10.9. The number of carbonyl (C=O) groups is 1. The Balaban J connectivity index is 0.00000192. The minimum absolute atomic E-state index is 0. The largest absolute Gasteiger partial charge is 0.353 e. The molecule has 0 spiro atoms. The van der Waals surface area contributed by atoms with Crippen molar-refractivity contribution in [3.05, 3.63) is 22.7 Å². The van der Waals surface area contributed by atoms with E-state index in [-0.39, 0.29) is 24.4 Å². The fraction of sp³-hybridized carbons (Fsp3) is 0.533. The SMILES string of the molecule is Cl.NC1CCC(NC(=O)CCc2nc(-c3ccsc3)no2)CC1. The van der Waals surface area contributed by atoms with Crippen LogP contribution in [0.1, 0.15) is 38.0 Å². The molecule has 0 unspecified atom stereocenters. The Labute approximate surface area is 145 Å². The standard InChI is InChI=1S/C15H20N4O2S.ClH/c16-11-1-3-12(4-2-11)17-13(20)5-6-14-18-15(19-21-14)10-7-8-22-9-10;/h7-9,11-12H,1-6,16H2,(H,17,20);1H. The first-order valence-electron chi connectivity index (χ1n) is 7.61. The highest BCUT2D eigenvalue weighted by Gasteiger charge is 2.20. The van der Waals surface area contributed by atoms with Crippen LogP contribution in [0.25, 0.3) is 11.4 Å². The van der Waals surface area contributed by atoms with Crippen LogP contribution in [0.5, 0.6) is 0 Å². The second-order valence-corrected chi connectivity index (χ2v) is 6.48. The van der Waals surface area contributed by atoms with Crippen molar-refractivity contribution in [2.24, 2.45) is 5.73 Å². The maximum absolute atomic E-state index is 12.0. The Morgan fingerprint density at radius 3 is 2.87 bits per heavy atom. The Hall–Kier alpha value is -1.44. The van der Waals surface area contributed by atoms with E-state index in [1.807, 2.05) is 16.8 Å². The van der Waals surface area contributed by atoms with Gasteiger partial charge in [-0.2, -0.15) is 16.3 Å². The quantitative estimate of drug-likeness (QED) is 0.858. The van der Waals surface area contributed by atoms with Crippen molar-refractivity contribution < 1.29 is 9.32 Å². The first kappa shape index (κ1) is 17.9. The maximum atomic E-state index is 12.0. The maximum Gasteiger partial charge on any atom is 0.227 e. The van der Waals surface area contributed by atoms with Gasteiger partial charge in [0.25, 0.3) is 0 Å². The van der Waals surface area contributed by atoms with Gasteiger partial charge in [-0.1, -0.05) is 5.16 Å².